The molecule has 0 spiro atoms. The molecular formula is C25H25N3O4. The molecule has 1 saturated heterocycles. The van der Waals surface area contributed by atoms with Crippen molar-refractivity contribution in [1.82, 2.24) is 15.2 Å². The van der Waals surface area contributed by atoms with Gasteiger partial charge in [0.25, 0.3) is 0 Å². The van der Waals surface area contributed by atoms with Crippen molar-refractivity contribution in [2.45, 2.75) is 38.3 Å². The Hall–Kier alpha value is -3.48. The van der Waals surface area contributed by atoms with Crippen LogP contribution in [0.15, 0.2) is 42.5 Å². The second-order valence-electron chi connectivity index (χ2n) is 8.88. The first-order chi connectivity index (χ1) is 15.7. The molecule has 2 aromatic carbocycles. The summed E-state index contributed by atoms with van der Waals surface area (Å²) in [5.74, 6) is 1.07. The number of amides is 2. The molecule has 1 aromatic heterocycles. The van der Waals surface area contributed by atoms with E-state index in [2.05, 4.69) is 28.5 Å². The Morgan fingerprint density at radius 1 is 1.16 bits per heavy atom. The van der Waals surface area contributed by atoms with Gasteiger partial charge in [-0.25, -0.2) is 0 Å². The van der Waals surface area contributed by atoms with Gasteiger partial charge in [-0.1, -0.05) is 24.3 Å². The average molecular weight is 431 g/mol. The molecule has 2 atom stereocenters. The molecule has 2 amide bonds. The molecule has 7 heteroatoms. The molecule has 3 aromatic rings. The van der Waals surface area contributed by atoms with Crippen LogP contribution >= 0.6 is 0 Å². The number of fused-ring (bicyclic) bond motifs is 4. The molecule has 3 heterocycles. The third-order valence-corrected chi connectivity index (χ3v) is 6.83. The van der Waals surface area contributed by atoms with Crippen LogP contribution in [0, 0.1) is 5.92 Å². The molecule has 0 unspecified atom stereocenters. The van der Waals surface area contributed by atoms with Crippen molar-refractivity contribution >= 4 is 22.7 Å². The maximum atomic E-state index is 13.1. The van der Waals surface area contributed by atoms with Gasteiger partial charge in [-0.2, -0.15) is 0 Å². The Kier molecular flexibility index (Phi) is 4.56. The normalized spacial score (nSPS) is 21.8. The quantitative estimate of drug-likeness (QED) is 0.663. The first-order valence-corrected chi connectivity index (χ1v) is 11.2. The van der Waals surface area contributed by atoms with Crippen molar-refractivity contribution in [1.29, 1.82) is 0 Å². The van der Waals surface area contributed by atoms with E-state index >= 15 is 0 Å². The number of nitrogens with one attached hydrogen (secondary N) is 2. The number of para-hydroxylation sites is 1. The summed E-state index contributed by atoms with van der Waals surface area (Å²) in [5.41, 5.74) is 4.51. The van der Waals surface area contributed by atoms with Gasteiger partial charge in [-0.05, 0) is 48.6 Å². The van der Waals surface area contributed by atoms with E-state index in [0.29, 0.717) is 18.8 Å². The van der Waals surface area contributed by atoms with Crippen molar-refractivity contribution in [3.8, 4) is 11.5 Å². The lowest BCUT2D eigenvalue weighted by Gasteiger charge is -2.25. The average Bonchev–Trinajstić information content (AvgIpc) is 3.51. The minimum absolute atomic E-state index is 0.0118. The van der Waals surface area contributed by atoms with Crippen molar-refractivity contribution in [3.05, 3.63) is 59.3 Å². The fraction of sp³-hybridized carbons (Fsp3) is 0.360. The van der Waals surface area contributed by atoms with Crippen molar-refractivity contribution < 1.29 is 19.1 Å². The van der Waals surface area contributed by atoms with Crippen LogP contribution in [0.3, 0.4) is 0 Å². The highest BCUT2D eigenvalue weighted by atomic mass is 16.7. The third-order valence-electron chi connectivity index (χ3n) is 6.83. The Morgan fingerprint density at radius 2 is 2.03 bits per heavy atom. The van der Waals surface area contributed by atoms with Crippen molar-refractivity contribution in [3.63, 3.8) is 0 Å². The zero-order chi connectivity index (χ0) is 21.7. The first kappa shape index (κ1) is 19.2. The van der Waals surface area contributed by atoms with E-state index in [0.717, 1.165) is 41.8 Å². The smallest absolute Gasteiger partial charge is 0.231 e. The largest absolute Gasteiger partial charge is 0.454 e. The number of aromatic nitrogens is 1. The number of hydrogen-bond acceptors (Lipinski definition) is 4. The molecule has 2 aliphatic heterocycles. The van der Waals surface area contributed by atoms with Crippen LogP contribution in [0.5, 0.6) is 11.5 Å². The van der Waals surface area contributed by atoms with E-state index in [1.807, 2.05) is 24.3 Å². The number of hydrogen-bond donors (Lipinski definition) is 2. The molecule has 164 valence electrons. The summed E-state index contributed by atoms with van der Waals surface area (Å²) in [6, 6.07) is 14.0. The fourth-order valence-electron chi connectivity index (χ4n) is 5.21. The van der Waals surface area contributed by atoms with Gasteiger partial charge in [-0.15, -0.1) is 0 Å². The highest BCUT2D eigenvalue weighted by molar-refractivity contribution is 5.90. The number of aromatic amines is 1. The number of benzene rings is 2. The Morgan fingerprint density at radius 3 is 2.97 bits per heavy atom. The van der Waals surface area contributed by atoms with Crippen LogP contribution < -0.4 is 14.8 Å². The van der Waals surface area contributed by atoms with Crippen LogP contribution in [-0.4, -0.2) is 35.0 Å². The molecule has 0 bridgehead atoms. The standard InChI is InChI=1S/C25H25N3O4/c29-23-11-16(13-28(23)12-15-8-9-21-22(10-15)32-14-31-21)25(30)27-20-7-3-5-18-17-4-1-2-6-19(17)26-24(18)20/h1-2,4,6,8-10,16,20,26H,3,5,7,11-14H2,(H,27,30)/t16-,20-/m0/s1. The first-order valence-electron chi connectivity index (χ1n) is 11.2. The van der Waals surface area contributed by atoms with Gasteiger partial charge in [0.2, 0.25) is 18.6 Å². The molecule has 32 heavy (non-hydrogen) atoms. The number of rotatable bonds is 4. The van der Waals surface area contributed by atoms with Crippen LogP contribution in [0.4, 0.5) is 0 Å². The number of aryl methyl sites for hydroxylation is 1. The monoisotopic (exact) mass is 431 g/mol. The molecule has 0 radical (unpaired) electrons. The number of nitrogens with zero attached hydrogens (tertiary/aromatic N) is 1. The Bertz CT molecular complexity index is 1220. The minimum atomic E-state index is -0.328. The van der Waals surface area contributed by atoms with Gasteiger partial charge >= 0.3 is 0 Å². The predicted molar refractivity (Wildman–Crippen MR) is 118 cm³/mol. The highest BCUT2D eigenvalue weighted by Gasteiger charge is 2.36. The minimum Gasteiger partial charge on any atom is -0.454 e. The number of H-pyrrole nitrogens is 1. The van der Waals surface area contributed by atoms with Gasteiger partial charge in [0.05, 0.1) is 12.0 Å². The maximum Gasteiger partial charge on any atom is 0.231 e. The predicted octanol–water partition coefficient (Wildman–Crippen LogP) is 3.44. The molecule has 3 aliphatic rings. The zero-order valence-electron chi connectivity index (χ0n) is 17.7. The number of carbonyl (C=O) groups excluding carboxylic acids is 2. The summed E-state index contributed by atoms with van der Waals surface area (Å²) in [6.45, 7) is 1.13. The van der Waals surface area contributed by atoms with Crippen LogP contribution in [-0.2, 0) is 22.6 Å². The van der Waals surface area contributed by atoms with E-state index in [9.17, 15) is 9.59 Å². The summed E-state index contributed by atoms with van der Waals surface area (Å²) in [4.78, 5) is 31.0. The second-order valence-corrected chi connectivity index (χ2v) is 8.88. The van der Waals surface area contributed by atoms with E-state index in [1.54, 1.807) is 4.90 Å². The third kappa shape index (κ3) is 3.28. The summed E-state index contributed by atoms with van der Waals surface area (Å²) in [6.07, 6.45) is 3.23. The Labute approximate surface area is 185 Å². The van der Waals surface area contributed by atoms with Crippen LogP contribution in [0.2, 0.25) is 0 Å². The summed E-state index contributed by atoms with van der Waals surface area (Å²) in [7, 11) is 0. The van der Waals surface area contributed by atoms with Gasteiger partial charge in [0, 0.05) is 36.1 Å². The van der Waals surface area contributed by atoms with Gasteiger partial charge in [-0.3, -0.25) is 9.59 Å². The van der Waals surface area contributed by atoms with Gasteiger partial charge in [0.1, 0.15) is 0 Å². The van der Waals surface area contributed by atoms with Crippen LogP contribution in [0.25, 0.3) is 10.9 Å². The number of likely N-dealkylation sites (tertiary alicyclic amines) is 1. The summed E-state index contributed by atoms with van der Waals surface area (Å²) >= 11 is 0. The molecule has 2 N–H and O–H groups in total. The fourth-order valence-corrected chi connectivity index (χ4v) is 5.21. The van der Waals surface area contributed by atoms with E-state index in [4.69, 9.17) is 9.47 Å². The van der Waals surface area contributed by atoms with E-state index < -0.39 is 0 Å². The topological polar surface area (TPSA) is 83.7 Å². The summed E-state index contributed by atoms with van der Waals surface area (Å²) < 4.78 is 10.8. The van der Waals surface area contributed by atoms with E-state index in [-0.39, 0.29) is 37.0 Å². The van der Waals surface area contributed by atoms with Crippen molar-refractivity contribution in [2.24, 2.45) is 5.92 Å². The highest BCUT2D eigenvalue weighted by Crippen LogP contribution is 2.36. The zero-order valence-corrected chi connectivity index (χ0v) is 17.7. The number of carbonyl (C=O) groups is 2. The van der Waals surface area contributed by atoms with Crippen LogP contribution in [0.1, 0.15) is 42.1 Å². The lowest BCUT2D eigenvalue weighted by molar-refractivity contribution is -0.129. The van der Waals surface area contributed by atoms with Gasteiger partial charge < -0.3 is 24.7 Å². The summed E-state index contributed by atoms with van der Waals surface area (Å²) in [5, 5.41) is 4.47. The molecular weight excluding hydrogens is 406 g/mol. The lowest BCUT2D eigenvalue weighted by Crippen LogP contribution is -2.36. The lowest BCUT2D eigenvalue weighted by atomic mass is 9.91. The molecule has 0 saturated carbocycles. The molecule has 7 nitrogen and oxygen atoms in total. The number of ether oxygens (including phenoxy) is 2. The second kappa shape index (κ2) is 7.58. The SMILES string of the molecule is O=C(N[C@H]1CCCc2c1[nH]c1ccccc21)[C@H]1CC(=O)N(Cc2ccc3c(c2)OCO3)C1. The molecule has 1 fully saturated rings. The molecule has 6 rings (SSSR count). The Balaban J connectivity index is 1.14. The van der Waals surface area contributed by atoms with Gasteiger partial charge in [0.15, 0.2) is 11.5 Å². The van der Waals surface area contributed by atoms with E-state index in [1.165, 1.54) is 10.9 Å². The maximum absolute atomic E-state index is 13.1. The van der Waals surface area contributed by atoms with Crippen molar-refractivity contribution in [2.75, 3.05) is 13.3 Å². The molecule has 1 aliphatic carbocycles.